The lowest BCUT2D eigenvalue weighted by Crippen LogP contribution is -2.29. The fourth-order valence-corrected chi connectivity index (χ4v) is 4.37. The van der Waals surface area contributed by atoms with Crippen LogP contribution < -0.4 is 10.6 Å². The summed E-state index contributed by atoms with van der Waals surface area (Å²) in [6, 6.07) is 5.96. The van der Waals surface area contributed by atoms with E-state index >= 15 is 0 Å². The Labute approximate surface area is 210 Å². The number of aryl methyl sites for hydroxylation is 2. The van der Waals surface area contributed by atoms with Crippen LogP contribution in [0, 0.1) is 6.92 Å². The minimum Gasteiger partial charge on any atom is -0.344 e. The highest BCUT2D eigenvalue weighted by Crippen LogP contribution is 2.31. The number of aromatic nitrogens is 7. The number of nitrogens with zero attached hydrogens (tertiary/aromatic N) is 6. The lowest BCUT2D eigenvalue weighted by Gasteiger charge is -2.19. The van der Waals surface area contributed by atoms with E-state index in [9.17, 15) is 4.79 Å². The van der Waals surface area contributed by atoms with E-state index in [1.54, 1.807) is 17.1 Å². The van der Waals surface area contributed by atoms with Crippen LogP contribution in [0.25, 0.3) is 11.3 Å². The van der Waals surface area contributed by atoms with Crippen molar-refractivity contribution in [2.45, 2.75) is 65.0 Å². The molecule has 0 aliphatic heterocycles. The largest absolute Gasteiger partial charge is 0.344 e. The van der Waals surface area contributed by atoms with E-state index in [4.69, 9.17) is 4.98 Å². The molecule has 5 rings (SSSR count). The molecule has 1 aliphatic rings. The number of hydrogen-bond donors (Lipinski definition) is 3. The number of fused-ring (bicyclic) bond motifs is 1. The summed E-state index contributed by atoms with van der Waals surface area (Å²) in [4.78, 5) is 22.2. The van der Waals surface area contributed by atoms with E-state index in [-0.39, 0.29) is 17.5 Å². The molecule has 1 atom stereocenters. The van der Waals surface area contributed by atoms with Gasteiger partial charge in [0.2, 0.25) is 0 Å². The molecule has 0 saturated carbocycles. The lowest BCUT2D eigenvalue weighted by atomic mass is 9.99. The molecule has 1 aliphatic carbocycles. The molecule has 1 amide bonds. The van der Waals surface area contributed by atoms with Gasteiger partial charge in [0.05, 0.1) is 34.9 Å². The van der Waals surface area contributed by atoms with Gasteiger partial charge >= 0.3 is 0 Å². The van der Waals surface area contributed by atoms with Crippen LogP contribution in [-0.2, 0) is 12.0 Å². The average Bonchev–Trinajstić information content (AvgIpc) is 3.46. The molecule has 0 aromatic carbocycles. The maximum atomic E-state index is 13.0. The predicted octanol–water partition coefficient (Wildman–Crippen LogP) is 4.46. The van der Waals surface area contributed by atoms with Crippen LogP contribution in [0.1, 0.15) is 73.4 Å². The molecule has 10 heteroatoms. The Morgan fingerprint density at radius 3 is 2.81 bits per heavy atom. The van der Waals surface area contributed by atoms with Crippen molar-refractivity contribution in [1.29, 1.82) is 0 Å². The monoisotopic (exact) mass is 485 g/mol. The summed E-state index contributed by atoms with van der Waals surface area (Å²) in [7, 11) is 0. The first-order chi connectivity index (χ1) is 17.3. The number of pyridine rings is 2. The Kier molecular flexibility index (Phi) is 6.26. The van der Waals surface area contributed by atoms with Crippen molar-refractivity contribution < 1.29 is 4.79 Å². The van der Waals surface area contributed by atoms with Crippen LogP contribution >= 0.6 is 0 Å². The van der Waals surface area contributed by atoms with Gasteiger partial charge in [-0.2, -0.15) is 5.10 Å². The molecule has 0 saturated heterocycles. The molecule has 0 radical (unpaired) electrons. The molecular formula is C26H31N9O. The van der Waals surface area contributed by atoms with Gasteiger partial charge < -0.3 is 10.6 Å². The highest BCUT2D eigenvalue weighted by atomic mass is 16.2. The van der Waals surface area contributed by atoms with Crippen molar-refractivity contribution in [1.82, 2.24) is 40.5 Å². The predicted molar refractivity (Wildman–Crippen MR) is 137 cm³/mol. The first-order valence-electron chi connectivity index (χ1n) is 12.2. The molecule has 0 unspecified atom stereocenters. The van der Waals surface area contributed by atoms with Crippen LogP contribution in [-0.4, -0.2) is 41.1 Å². The SMILES string of the molecule is Cc1n[nH]cc1Nc1cc(-c2cc3c(cn2)[C@H](NC(=O)c2cn(C(C)(C)C)nn2)CCCC3)ccn1. The van der Waals surface area contributed by atoms with Gasteiger partial charge in [0, 0.05) is 24.2 Å². The van der Waals surface area contributed by atoms with E-state index in [2.05, 4.69) is 42.2 Å². The molecule has 0 fully saturated rings. The Hall–Kier alpha value is -4.08. The standard InChI is InChI=1S/C26H31N9O/c1-16-22(14-29-32-16)30-24-12-18(9-10-27-24)21-11-17-7-5-6-8-20(19(17)13-28-21)31-25(36)23-15-35(34-33-23)26(2,3)4/h9-15,20H,5-8H2,1-4H3,(H,27,30)(H,29,32)(H,31,36)/t20-/m1/s1. The summed E-state index contributed by atoms with van der Waals surface area (Å²) in [5, 5.41) is 21.7. The summed E-state index contributed by atoms with van der Waals surface area (Å²) in [5.74, 6) is 0.508. The van der Waals surface area contributed by atoms with Crippen molar-refractivity contribution in [3.63, 3.8) is 0 Å². The number of amides is 1. The number of carbonyl (C=O) groups is 1. The zero-order chi connectivity index (χ0) is 25.3. The summed E-state index contributed by atoms with van der Waals surface area (Å²) in [6.45, 7) is 8.00. The second-order valence-corrected chi connectivity index (χ2v) is 10.2. The highest BCUT2D eigenvalue weighted by molar-refractivity contribution is 5.92. The zero-order valence-corrected chi connectivity index (χ0v) is 21.0. The van der Waals surface area contributed by atoms with Gasteiger partial charge in [-0.15, -0.1) is 5.10 Å². The highest BCUT2D eigenvalue weighted by Gasteiger charge is 2.24. The third-order valence-corrected chi connectivity index (χ3v) is 6.46. The quantitative estimate of drug-likeness (QED) is 0.356. The maximum Gasteiger partial charge on any atom is 0.273 e. The zero-order valence-electron chi connectivity index (χ0n) is 21.0. The number of aromatic amines is 1. The van der Waals surface area contributed by atoms with Crippen molar-refractivity contribution in [3.05, 3.63) is 65.5 Å². The van der Waals surface area contributed by atoms with E-state index < -0.39 is 0 Å². The van der Waals surface area contributed by atoms with Crippen molar-refractivity contribution in [2.24, 2.45) is 0 Å². The second-order valence-electron chi connectivity index (χ2n) is 10.2. The molecule has 0 spiro atoms. The summed E-state index contributed by atoms with van der Waals surface area (Å²) >= 11 is 0. The Morgan fingerprint density at radius 1 is 1.19 bits per heavy atom. The first-order valence-corrected chi connectivity index (χ1v) is 12.2. The molecule has 186 valence electrons. The summed E-state index contributed by atoms with van der Waals surface area (Å²) in [6.07, 6.45) is 11.1. The average molecular weight is 486 g/mol. The fraction of sp³-hybridized carbons (Fsp3) is 0.385. The van der Waals surface area contributed by atoms with Crippen molar-refractivity contribution in [2.75, 3.05) is 5.32 Å². The van der Waals surface area contributed by atoms with Gasteiger partial charge in [-0.1, -0.05) is 11.6 Å². The van der Waals surface area contributed by atoms with Gasteiger partial charge in [0.15, 0.2) is 5.69 Å². The number of nitrogens with one attached hydrogen (secondary N) is 3. The Morgan fingerprint density at radius 2 is 2.06 bits per heavy atom. The fourth-order valence-electron chi connectivity index (χ4n) is 4.37. The number of hydrogen-bond acceptors (Lipinski definition) is 7. The molecule has 10 nitrogen and oxygen atoms in total. The van der Waals surface area contributed by atoms with Crippen molar-refractivity contribution >= 4 is 17.4 Å². The molecule has 36 heavy (non-hydrogen) atoms. The molecule has 0 bridgehead atoms. The van der Waals surface area contributed by atoms with E-state index in [0.717, 1.165) is 59.7 Å². The molecule has 4 aromatic rings. The van der Waals surface area contributed by atoms with E-state index in [1.165, 1.54) is 5.56 Å². The maximum absolute atomic E-state index is 13.0. The number of rotatable bonds is 5. The van der Waals surface area contributed by atoms with Crippen LogP contribution in [0.3, 0.4) is 0 Å². The second kappa shape index (κ2) is 9.52. The van der Waals surface area contributed by atoms with Crippen LogP contribution in [0.15, 0.2) is 43.0 Å². The van der Waals surface area contributed by atoms with E-state index in [1.807, 2.05) is 52.2 Å². The minimum absolute atomic E-state index is 0.116. The van der Waals surface area contributed by atoms with Crippen LogP contribution in [0.5, 0.6) is 0 Å². The smallest absolute Gasteiger partial charge is 0.273 e. The topological polar surface area (TPSA) is 126 Å². The Bertz CT molecular complexity index is 1380. The van der Waals surface area contributed by atoms with Gasteiger partial charge in [-0.25, -0.2) is 9.67 Å². The van der Waals surface area contributed by atoms with Gasteiger partial charge in [-0.3, -0.25) is 14.9 Å². The molecule has 4 heterocycles. The third kappa shape index (κ3) is 4.98. The molecule has 3 N–H and O–H groups in total. The van der Waals surface area contributed by atoms with Crippen molar-refractivity contribution in [3.8, 4) is 11.3 Å². The number of carbonyl (C=O) groups excluding carboxylic acids is 1. The third-order valence-electron chi connectivity index (χ3n) is 6.46. The summed E-state index contributed by atoms with van der Waals surface area (Å²) < 4.78 is 1.71. The van der Waals surface area contributed by atoms with Gasteiger partial charge in [0.25, 0.3) is 5.91 Å². The summed E-state index contributed by atoms with van der Waals surface area (Å²) in [5.41, 5.74) is 5.97. The number of H-pyrrole nitrogens is 1. The number of anilines is 2. The minimum atomic E-state index is -0.236. The first kappa shape index (κ1) is 23.7. The molecule has 4 aromatic heterocycles. The molecular weight excluding hydrogens is 454 g/mol. The van der Waals surface area contributed by atoms with E-state index in [0.29, 0.717) is 5.69 Å². The normalized spacial score (nSPS) is 15.7. The Balaban J connectivity index is 1.37. The van der Waals surface area contributed by atoms with Crippen LogP contribution in [0.4, 0.5) is 11.5 Å². The van der Waals surface area contributed by atoms with Gasteiger partial charge in [-0.05, 0) is 76.3 Å². The lowest BCUT2D eigenvalue weighted by molar-refractivity contribution is 0.0929. The van der Waals surface area contributed by atoms with Gasteiger partial charge in [0.1, 0.15) is 5.82 Å². The van der Waals surface area contributed by atoms with Crippen LogP contribution in [0.2, 0.25) is 0 Å².